The second-order valence-electron chi connectivity index (χ2n) is 38.2. The number of fused-ring (bicyclic) bond motifs is 16. The van der Waals surface area contributed by atoms with E-state index in [0.29, 0.717) is 0 Å². The number of rotatable bonds is 8. The normalized spacial score (nSPS) is 13.4. The highest BCUT2D eigenvalue weighted by Crippen LogP contribution is 2.53. The summed E-state index contributed by atoms with van der Waals surface area (Å²) in [5.41, 5.74) is 34.8. The lowest BCUT2D eigenvalue weighted by molar-refractivity contribution is 0.589. The van der Waals surface area contributed by atoms with Gasteiger partial charge in [-0.25, -0.2) is 0 Å². The molecular weight excluding hydrogens is 1420 g/mol. The van der Waals surface area contributed by atoms with Gasteiger partial charge in [-0.15, -0.1) is 0 Å². The Morgan fingerprint density at radius 2 is 0.496 bits per heavy atom. The van der Waals surface area contributed by atoms with Crippen molar-refractivity contribution in [2.45, 2.75) is 131 Å². The number of anilines is 6. The van der Waals surface area contributed by atoms with Crippen LogP contribution in [0.2, 0.25) is 0 Å². The van der Waals surface area contributed by atoms with Crippen molar-refractivity contribution in [3.8, 4) is 45.0 Å². The van der Waals surface area contributed by atoms with E-state index < -0.39 is 0 Å². The molecule has 0 saturated carbocycles. The Kier molecular flexibility index (Phi) is 15.9. The molecule has 0 bridgehead atoms. The van der Waals surface area contributed by atoms with Crippen molar-refractivity contribution < 1.29 is 0 Å². The lowest BCUT2D eigenvalue weighted by atomic mass is 9.33. The number of hydrogen-bond donors (Lipinski definition) is 0. The van der Waals surface area contributed by atoms with Crippen molar-refractivity contribution in [1.29, 1.82) is 0 Å². The first-order chi connectivity index (χ1) is 56.2. The lowest BCUT2D eigenvalue weighted by Crippen LogP contribution is -2.61. The van der Waals surface area contributed by atoms with E-state index in [0.717, 1.165) is 67.6 Å². The van der Waals surface area contributed by atoms with Gasteiger partial charge in [-0.3, -0.25) is 0 Å². The highest BCUT2D eigenvalue weighted by Gasteiger charge is 2.46. The third-order valence-corrected chi connectivity index (χ3v) is 25.7. The van der Waals surface area contributed by atoms with Crippen LogP contribution >= 0.6 is 0 Å². The van der Waals surface area contributed by atoms with Crippen LogP contribution in [-0.4, -0.2) is 25.0 Å². The number of nitrogens with zero attached hydrogens (tertiary/aromatic N) is 6. The molecule has 6 nitrogen and oxygen atoms in total. The summed E-state index contributed by atoms with van der Waals surface area (Å²) in [6, 6.07) is 122. The molecule has 0 aliphatic carbocycles. The number of para-hydroxylation sites is 6. The molecule has 2 aliphatic heterocycles. The molecule has 0 amide bonds. The first-order valence-electron chi connectivity index (χ1n) is 41.8. The first kappa shape index (κ1) is 71.9. The van der Waals surface area contributed by atoms with Crippen LogP contribution in [0, 0.1) is 0 Å². The zero-order valence-corrected chi connectivity index (χ0v) is 69.8. The van der Waals surface area contributed by atoms with Crippen molar-refractivity contribution in [3.05, 3.63) is 343 Å². The van der Waals surface area contributed by atoms with Crippen molar-refractivity contribution in [1.82, 2.24) is 18.3 Å². The van der Waals surface area contributed by atoms with Crippen LogP contribution in [0.1, 0.15) is 132 Å². The van der Waals surface area contributed by atoms with E-state index in [-0.39, 0.29) is 33.8 Å². The van der Waals surface area contributed by atoms with Gasteiger partial charge in [-0.2, -0.15) is 0 Å². The van der Waals surface area contributed by atoms with E-state index in [1.54, 1.807) is 0 Å². The molecule has 0 radical (unpaired) electrons. The SMILES string of the molecule is CC(C)(C)c1ccc(-c2cc(C(C)(C)C)ccc2N2c3cc(-n4c5ccccc5c5cc6c7ccccc7n(-c7ccccc7)c6cc54)ccc3B3c4ccc(-n5c6ccccc6c6cc7c8ccccc8n(-c8ccccc8)c7cc65)cc4N(c4ccc(C(C)(C)C)cc4-c4ccc(C(C)(C)C)cc4)c4cc(C(C)(C)C)cc2c43)cc1. The topological polar surface area (TPSA) is 26.2 Å². The summed E-state index contributed by atoms with van der Waals surface area (Å²) in [4.78, 5) is 5.42. The molecule has 117 heavy (non-hydrogen) atoms. The molecule has 0 saturated heterocycles. The van der Waals surface area contributed by atoms with Gasteiger partial charge in [0.2, 0.25) is 0 Å². The molecule has 0 spiro atoms. The van der Waals surface area contributed by atoms with Gasteiger partial charge >= 0.3 is 0 Å². The Labute approximate surface area is 687 Å². The minimum absolute atomic E-state index is 0.0397. The van der Waals surface area contributed by atoms with Crippen LogP contribution < -0.4 is 26.2 Å². The van der Waals surface area contributed by atoms with E-state index >= 15 is 0 Å². The third kappa shape index (κ3) is 11.3. The van der Waals surface area contributed by atoms with Crippen LogP contribution in [0.15, 0.2) is 315 Å². The van der Waals surface area contributed by atoms with Crippen molar-refractivity contribution in [2.24, 2.45) is 0 Å². The van der Waals surface area contributed by atoms with Gasteiger partial charge in [0.05, 0.1) is 55.5 Å². The quantitative estimate of drug-likeness (QED) is 0.142. The minimum Gasteiger partial charge on any atom is -0.311 e. The predicted molar refractivity (Wildman–Crippen MR) is 502 cm³/mol. The molecule has 2 aliphatic rings. The van der Waals surface area contributed by atoms with Gasteiger partial charge in [0.25, 0.3) is 6.71 Å². The van der Waals surface area contributed by atoms with Gasteiger partial charge < -0.3 is 28.1 Å². The maximum Gasteiger partial charge on any atom is 0.252 e. The molecule has 0 atom stereocenters. The Bertz CT molecular complexity index is 6880. The van der Waals surface area contributed by atoms with E-state index in [2.05, 4.69) is 447 Å². The van der Waals surface area contributed by atoms with Gasteiger partial charge in [0.15, 0.2) is 0 Å². The molecular formula is C110H97BN6. The fourth-order valence-corrected chi connectivity index (χ4v) is 19.5. The third-order valence-electron chi connectivity index (χ3n) is 25.7. The molecule has 570 valence electrons. The van der Waals surface area contributed by atoms with Gasteiger partial charge in [0, 0.05) is 99.7 Å². The average Bonchev–Trinajstić information content (AvgIpc) is 1.44. The van der Waals surface area contributed by atoms with E-state index in [1.165, 1.54) is 143 Å². The van der Waals surface area contributed by atoms with Crippen LogP contribution in [-0.2, 0) is 27.1 Å². The molecule has 7 heteroatoms. The summed E-state index contributed by atoms with van der Waals surface area (Å²) in [6.07, 6.45) is 0. The number of aromatic nitrogens is 4. The number of hydrogen-bond acceptors (Lipinski definition) is 2. The Hall–Kier alpha value is -12.8. The summed E-state index contributed by atoms with van der Waals surface area (Å²) >= 11 is 0. The first-order valence-corrected chi connectivity index (χ1v) is 41.8. The van der Waals surface area contributed by atoms with Crippen LogP contribution in [0.3, 0.4) is 0 Å². The van der Waals surface area contributed by atoms with Crippen molar-refractivity contribution in [2.75, 3.05) is 9.80 Å². The second-order valence-corrected chi connectivity index (χ2v) is 38.2. The van der Waals surface area contributed by atoms with E-state index in [9.17, 15) is 0 Å². The van der Waals surface area contributed by atoms with Crippen LogP contribution in [0.4, 0.5) is 34.1 Å². The van der Waals surface area contributed by atoms with Gasteiger partial charge in [-0.05, 0) is 216 Å². The predicted octanol–water partition coefficient (Wildman–Crippen LogP) is 28.0. The maximum atomic E-state index is 2.71. The average molecular weight is 1510 g/mol. The zero-order valence-electron chi connectivity index (χ0n) is 69.8. The zero-order chi connectivity index (χ0) is 80.3. The molecule has 15 aromatic carbocycles. The van der Waals surface area contributed by atoms with Crippen molar-refractivity contribution in [3.63, 3.8) is 0 Å². The molecule has 4 aromatic heterocycles. The molecule has 0 fully saturated rings. The maximum absolute atomic E-state index is 2.71. The van der Waals surface area contributed by atoms with Crippen molar-refractivity contribution >= 4 is 144 Å². The molecule has 19 aromatic rings. The lowest BCUT2D eigenvalue weighted by Gasteiger charge is -2.46. The number of benzene rings is 15. The monoisotopic (exact) mass is 1510 g/mol. The Balaban J connectivity index is 0.891. The van der Waals surface area contributed by atoms with E-state index in [4.69, 9.17) is 0 Å². The van der Waals surface area contributed by atoms with Gasteiger partial charge in [-0.1, -0.05) is 286 Å². The fraction of sp³-hybridized carbons (Fsp3) is 0.182. The standard InChI is InChI=1S/C110H97BN6/c1-106(2,3)70-46-42-68(43-47-70)83-58-72(108(7,8)9)50-56-95(83)116-101-62-77(114-93-40-28-24-36-81(93)87-64-85-79-34-22-26-38-91(79)112(97(85)66-99(87)114)75-30-18-16-19-31-75)52-54-89(101)111-90-55-53-78(115-94-41-29-25-37-82(94)88-65-86-80-35-23-27-39-92(80)113(98(86)67-100(88)115)76-32-20-17-21-33-76)63-102(90)117(104-61-74(110(13,14)15)60-103(116)105(104)111)96-57-51-73(109(10,11)12)59-84(96)69-44-48-71(49-45-69)107(4,5)6/h16-67H,1-15H3. The van der Waals surface area contributed by atoms with E-state index in [1.807, 2.05) is 0 Å². The molecule has 0 unspecified atom stereocenters. The smallest absolute Gasteiger partial charge is 0.252 e. The van der Waals surface area contributed by atoms with Crippen LogP contribution in [0.25, 0.3) is 132 Å². The molecule has 21 rings (SSSR count). The summed E-state index contributed by atoms with van der Waals surface area (Å²) < 4.78 is 10.1. The minimum atomic E-state index is -0.320. The molecule has 6 heterocycles. The second kappa shape index (κ2) is 25.8. The summed E-state index contributed by atoms with van der Waals surface area (Å²) in [6.45, 7) is 35.0. The summed E-state index contributed by atoms with van der Waals surface area (Å²) in [5.74, 6) is 0. The Morgan fingerprint density at radius 3 is 0.821 bits per heavy atom. The summed E-state index contributed by atoms with van der Waals surface area (Å²) in [7, 11) is 0. The van der Waals surface area contributed by atoms with Crippen LogP contribution in [0.5, 0.6) is 0 Å². The highest BCUT2D eigenvalue weighted by molar-refractivity contribution is 7.00. The molecule has 0 N–H and O–H groups in total. The Morgan fingerprint density at radius 1 is 0.197 bits per heavy atom. The van der Waals surface area contributed by atoms with Gasteiger partial charge in [0.1, 0.15) is 0 Å². The highest BCUT2D eigenvalue weighted by atomic mass is 15.2. The largest absolute Gasteiger partial charge is 0.311 e. The fourth-order valence-electron chi connectivity index (χ4n) is 19.5. The summed E-state index contributed by atoms with van der Waals surface area (Å²) in [5, 5.41) is 9.80.